The van der Waals surface area contributed by atoms with Crippen molar-refractivity contribution in [1.29, 1.82) is 0 Å². The summed E-state index contributed by atoms with van der Waals surface area (Å²) in [6.45, 7) is 2.32. The number of alkyl halides is 1. The van der Waals surface area contributed by atoms with Crippen LogP contribution >= 0.6 is 0 Å². The molecule has 4 rings (SSSR count). The van der Waals surface area contributed by atoms with Gasteiger partial charge in [0.1, 0.15) is 5.69 Å². The standard InChI is InChI=1S/C20H19FN4O/c1-15-5-2-3-6-17(15)20(21)8-12-24(14-20)19(26)18-13-16(7-10-22-18)25-11-4-9-23-25/h2-7,9-11,13H,8,12,14H2,1H3. The van der Waals surface area contributed by atoms with E-state index in [2.05, 4.69) is 10.1 Å². The molecule has 0 N–H and O–H groups in total. The van der Waals surface area contributed by atoms with Gasteiger partial charge >= 0.3 is 0 Å². The lowest BCUT2D eigenvalue weighted by molar-refractivity contribution is 0.0744. The van der Waals surface area contributed by atoms with Gasteiger partial charge in [-0.15, -0.1) is 0 Å². The molecule has 3 heterocycles. The predicted molar refractivity (Wildman–Crippen MR) is 95.8 cm³/mol. The molecule has 0 radical (unpaired) electrons. The normalized spacial score (nSPS) is 19.7. The highest BCUT2D eigenvalue weighted by Crippen LogP contribution is 2.38. The molecule has 1 fully saturated rings. The molecule has 5 nitrogen and oxygen atoms in total. The number of carbonyl (C=O) groups is 1. The number of rotatable bonds is 3. The van der Waals surface area contributed by atoms with E-state index in [-0.39, 0.29) is 12.5 Å². The highest BCUT2D eigenvalue weighted by molar-refractivity contribution is 5.93. The lowest BCUT2D eigenvalue weighted by Crippen LogP contribution is -2.33. The summed E-state index contributed by atoms with van der Waals surface area (Å²) in [5.41, 5.74) is 1.10. The van der Waals surface area contributed by atoms with Crippen molar-refractivity contribution in [3.63, 3.8) is 0 Å². The van der Waals surface area contributed by atoms with Gasteiger partial charge in [0.15, 0.2) is 5.67 Å². The summed E-state index contributed by atoms with van der Waals surface area (Å²) in [5.74, 6) is -0.257. The Morgan fingerprint density at radius 2 is 2.04 bits per heavy atom. The minimum atomic E-state index is -1.51. The largest absolute Gasteiger partial charge is 0.334 e. The van der Waals surface area contributed by atoms with Crippen LogP contribution < -0.4 is 0 Å². The molecular formula is C20H19FN4O. The van der Waals surface area contributed by atoms with Crippen LogP contribution in [0.3, 0.4) is 0 Å². The maximum Gasteiger partial charge on any atom is 0.272 e. The lowest BCUT2D eigenvalue weighted by atomic mass is 9.91. The molecule has 0 bridgehead atoms. The van der Waals surface area contributed by atoms with Crippen molar-refractivity contribution in [2.75, 3.05) is 13.1 Å². The molecule has 3 aromatic rings. The van der Waals surface area contributed by atoms with Gasteiger partial charge in [0.2, 0.25) is 0 Å². The molecular weight excluding hydrogens is 331 g/mol. The number of halogens is 1. The Labute approximate surface area is 151 Å². The Hall–Kier alpha value is -3.02. The van der Waals surface area contributed by atoms with E-state index in [1.54, 1.807) is 46.4 Å². The van der Waals surface area contributed by atoms with Crippen molar-refractivity contribution in [2.45, 2.75) is 19.0 Å². The number of pyridine rings is 1. The number of benzene rings is 1. The fourth-order valence-electron chi connectivity index (χ4n) is 3.50. The summed E-state index contributed by atoms with van der Waals surface area (Å²) in [4.78, 5) is 18.6. The zero-order chi connectivity index (χ0) is 18.1. The maximum absolute atomic E-state index is 15.5. The molecule has 1 saturated heterocycles. The van der Waals surface area contributed by atoms with Crippen LogP contribution in [0, 0.1) is 6.92 Å². The third-order valence-corrected chi connectivity index (χ3v) is 4.87. The summed E-state index contributed by atoms with van der Waals surface area (Å²) >= 11 is 0. The molecule has 0 saturated carbocycles. The third kappa shape index (κ3) is 2.87. The van der Waals surface area contributed by atoms with Crippen LogP contribution in [0.2, 0.25) is 0 Å². The van der Waals surface area contributed by atoms with Gasteiger partial charge in [0.25, 0.3) is 5.91 Å². The smallest absolute Gasteiger partial charge is 0.272 e. The lowest BCUT2D eigenvalue weighted by Gasteiger charge is -2.23. The van der Waals surface area contributed by atoms with Gasteiger partial charge in [-0.1, -0.05) is 24.3 Å². The molecule has 1 unspecified atom stereocenters. The van der Waals surface area contributed by atoms with E-state index in [9.17, 15) is 4.79 Å². The summed E-state index contributed by atoms with van der Waals surface area (Å²) in [6, 6.07) is 12.7. The molecule has 0 spiro atoms. The van der Waals surface area contributed by atoms with Crippen LogP contribution in [0.25, 0.3) is 5.69 Å². The highest BCUT2D eigenvalue weighted by atomic mass is 19.1. The maximum atomic E-state index is 15.5. The van der Waals surface area contributed by atoms with Gasteiger partial charge in [-0.3, -0.25) is 9.78 Å². The predicted octanol–water partition coefficient (Wildman–Crippen LogP) is 3.29. The molecule has 2 aromatic heterocycles. The Morgan fingerprint density at radius 1 is 1.19 bits per heavy atom. The number of aryl methyl sites for hydroxylation is 1. The molecule has 26 heavy (non-hydrogen) atoms. The number of carbonyl (C=O) groups excluding carboxylic acids is 1. The average Bonchev–Trinajstić information content (AvgIpc) is 3.32. The second kappa shape index (κ2) is 6.37. The number of amides is 1. The quantitative estimate of drug-likeness (QED) is 0.728. The van der Waals surface area contributed by atoms with Crippen molar-refractivity contribution in [1.82, 2.24) is 19.7 Å². The Morgan fingerprint density at radius 3 is 2.81 bits per heavy atom. The average molecular weight is 350 g/mol. The first kappa shape index (κ1) is 16.4. The van der Waals surface area contributed by atoms with E-state index >= 15 is 4.39 Å². The van der Waals surface area contributed by atoms with E-state index in [0.29, 0.717) is 24.2 Å². The molecule has 1 aliphatic rings. The molecule has 132 valence electrons. The summed E-state index contributed by atoms with van der Waals surface area (Å²) in [6.07, 6.45) is 5.33. The van der Waals surface area contributed by atoms with Crippen LogP contribution in [0.1, 0.15) is 28.0 Å². The Balaban J connectivity index is 1.57. The van der Waals surface area contributed by atoms with Gasteiger partial charge in [0.05, 0.1) is 12.2 Å². The van der Waals surface area contributed by atoms with Gasteiger partial charge < -0.3 is 4.90 Å². The van der Waals surface area contributed by atoms with E-state index in [1.165, 1.54) is 0 Å². The van der Waals surface area contributed by atoms with E-state index in [0.717, 1.165) is 11.3 Å². The van der Waals surface area contributed by atoms with Crippen molar-refractivity contribution < 1.29 is 9.18 Å². The van der Waals surface area contributed by atoms with Crippen LogP contribution in [-0.4, -0.2) is 38.7 Å². The SMILES string of the molecule is Cc1ccccc1C1(F)CCN(C(=O)c2cc(-n3cccn3)ccn2)C1. The number of nitrogens with zero attached hydrogens (tertiary/aromatic N) is 4. The number of hydrogen-bond acceptors (Lipinski definition) is 3. The zero-order valence-corrected chi connectivity index (χ0v) is 14.5. The summed E-state index contributed by atoms with van der Waals surface area (Å²) in [5, 5.41) is 4.16. The van der Waals surface area contributed by atoms with Crippen LogP contribution in [-0.2, 0) is 5.67 Å². The molecule has 1 aliphatic heterocycles. The first-order valence-corrected chi connectivity index (χ1v) is 8.57. The van der Waals surface area contributed by atoms with Crippen LogP contribution in [0.5, 0.6) is 0 Å². The van der Waals surface area contributed by atoms with Crippen molar-refractivity contribution in [2.24, 2.45) is 0 Å². The molecule has 6 heteroatoms. The minimum Gasteiger partial charge on any atom is -0.334 e. The molecule has 1 aromatic carbocycles. The summed E-state index contributed by atoms with van der Waals surface area (Å²) in [7, 11) is 0. The van der Waals surface area contributed by atoms with E-state index in [4.69, 9.17) is 0 Å². The number of aromatic nitrogens is 3. The van der Waals surface area contributed by atoms with Gasteiger partial charge in [-0.2, -0.15) is 5.10 Å². The van der Waals surface area contributed by atoms with Crippen LogP contribution in [0.4, 0.5) is 4.39 Å². The third-order valence-electron chi connectivity index (χ3n) is 4.87. The summed E-state index contributed by atoms with van der Waals surface area (Å²) < 4.78 is 17.2. The topological polar surface area (TPSA) is 51.0 Å². The minimum absolute atomic E-state index is 0.0460. The Kier molecular flexibility index (Phi) is 4.03. The van der Waals surface area contributed by atoms with Gasteiger partial charge in [0, 0.05) is 31.6 Å². The second-order valence-electron chi connectivity index (χ2n) is 6.61. The number of hydrogen-bond donors (Lipinski definition) is 0. The van der Waals surface area contributed by atoms with Crippen LogP contribution in [0.15, 0.2) is 61.1 Å². The van der Waals surface area contributed by atoms with Crippen molar-refractivity contribution in [3.8, 4) is 5.69 Å². The molecule has 0 aliphatic carbocycles. The van der Waals surface area contributed by atoms with E-state index in [1.807, 2.05) is 31.2 Å². The Bertz CT molecular complexity index is 940. The first-order valence-electron chi connectivity index (χ1n) is 8.57. The first-order chi connectivity index (χ1) is 12.6. The number of likely N-dealkylation sites (tertiary alicyclic amines) is 1. The molecule has 1 atom stereocenters. The second-order valence-corrected chi connectivity index (χ2v) is 6.61. The highest BCUT2D eigenvalue weighted by Gasteiger charge is 2.42. The van der Waals surface area contributed by atoms with Crippen molar-refractivity contribution >= 4 is 5.91 Å². The van der Waals surface area contributed by atoms with Gasteiger partial charge in [-0.25, -0.2) is 9.07 Å². The monoisotopic (exact) mass is 350 g/mol. The van der Waals surface area contributed by atoms with E-state index < -0.39 is 5.67 Å². The molecule has 1 amide bonds. The van der Waals surface area contributed by atoms with Crippen molar-refractivity contribution in [3.05, 3.63) is 77.9 Å². The zero-order valence-electron chi connectivity index (χ0n) is 14.5. The fraction of sp³-hybridized carbons (Fsp3) is 0.250. The fourth-order valence-corrected chi connectivity index (χ4v) is 3.50. The van der Waals surface area contributed by atoms with Gasteiger partial charge in [-0.05, 0) is 36.2 Å².